The molecule has 52 heavy (non-hydrogen) atoms. The number of furan rings is 1. The number of fused-ring (bicyclic) bond motifs is 9. The van der Waals surface area contributed by atoms with E-state index in [1.165, 1.54) is 27.5 Å². The third-order valence-electron chi connectivity index (χ3n) is 10.8. The Labute approximate surface area is 299 Å². The lowest BCUT2D eigenvalue weighted by Crippen LogP contribution is -1.98. The van der Waals surface area contributed by atoms with Crippen LogP contribution in [0.2, 0.25) is 0 Å². The number of benzene rings is 6. The van der Waals surface area contributed by atoms with Crippen LogP contribution in [0.15, 0.2) is 162 Å². The van der Waals surface area contributed by atoms with Gasteiger partial charge in [0.05, 0.1) is 16.7 Å². The minimum atomic E-state index is 0.409. The molecule has 4 aromatic heterocycles. The summed E-state index contributed by atoms with van der Waals surface area (Å²) in [6, 6.07) is 50.8. The number of aromatic nitrogens is 3. The summed E-state index contributed by atoms with van der Waals surface area (Å²) in [5.41, 5.74) is 9.70. The summed E-state index contributed by atoms with van der Waals surface area (Å²) in [5.74, 6) is 2.75. The number of hydrogen-bond donors (Lipinski definition) is 0. The first kappa shape index (κ1) is 29.1. The summed E-state index contributed by atoms with van der Waals surface area (Å²) in [7, 11) is 0. The van der Waals surface area contributed by atoms with Crippen LogP contribution in [0.5, 0.6) is 11.5 Å². The molecule has 5 heteroatoms. The Morgan fingerprint density at radius 1 is 0.596 bits per heavy atom. The summed E-state index contributed by atoms with van der Waals surface area (Å²) >= 11 is 0. The molecule has 0 saturated heterocycles. The molecule has 0 spiro atoms. The lowest BCUT2D eigenvalue weighted by atomic mass is 9.95. The predicted octanol–water partition coefficient (Wildman–Crippen LogP) is 12.0. The molecule has 0 amide bonds. The van der Waals surface area contributed by atoms with E-state index in [1.807, 2.05) is 30.6 Å². The van der Waals surface area contributed by atoms with Crippen LogP contribution in [0.1, 0.15) is 22.6 Å². The Hall–Kier alpha value is -6.72. The molecular formula is C47H31N3O2. The van der Waals surface area contributed by atoms with Gasteiger partial charge in [0.2, 0.25) is 0 Å². The van der Waals surface area contributed by atoms with Gasteiger partial charge in [-0.05, 0) is 101 Å². The van der Waals surface area contributed by atoms with Crippen LogP contribution >= 0.6 is 0 Å². The molecule has 1 aliphatic carbocycles. The van der Waals surface area contributed by atoms with Crippen molar-refractivity contribution in [2.75, 3.05) is 0 Å². The van der Waals surface area contributed by atoms with Gasteiger partial charge in [-0.1, -0.05) is 84.9 Å². The van der Waals surface area contributed by atoms with Crippen LogP contribution in [-0.4, -0.2) is 14.5 Å². The van der Waals surface area contributed by atoms with Crippen molar-refractivity contribution in [3.63, 3.8) is 0 Å². The average molecular weight is 670 g/mol. The van der Waals surface area contributed by atoms with Crippen LogP contribution < -0.4 is 4.74 Å². The summed E-state index contributed by atoms with van der Waals surface area (Å²) in [6.07, 6.45) is 5.70. The molecule has 246 valence electrons. The molecule has 6 aromatic carbocycles. The van der Waals surface area contributed by atoms with Crippen LogP contribution in [0.4, 0.5) is 0 Å². The van der Waals surface area contributed by atoms with Gasteiger partial charge in [0.25, 0.3) is 0 Å². The zero-order valence-electron chi connectivity index (χ0n) is 28.2. The minimum Gasteiger partial charge on any atom is -0.457 e. The lowest BCUT2D eigenvalue weighted by Gasteiger charge is -2.13. The van der Waals surface area contributed by atoms with Gasteiger partial charge in [-0.2, -0.15) is 0 Å². The number of ether oxygens (including phenoxy) is 1. The molecular weight excluding hydrogens is 639 g/mol. The molecule has 1 atom stereocenters. The van der Waals surface area contributed by atoms with Crippen molar-refractivity contribution in [3.05, 3.63) is 175 Å². The second-order valence-corrected chi connectivity index (χ2v) is 13.7. The predicted molar refractivity (Wildman–Crippen MR) is 210 cm³/mol. The van der Waals surface area contributed by atoms with E-state index in [0.717, 1.165) is 85.2 Å². The Kier molecular flexibility index (Phi) is 6.37. The highest BCUT2D eigenvalue weighted by Gasteiger charge is 2.28. The first-order valence-electron chi connectivity index (χ1n) is 17.8. The Bertz CT molecular complexity index is 3000. The first-order valence-corrected chi connectivity index (χ1v) is 17.8. The zero-order chi connectivity index (χ0) is 34.2. The van der Waals surface area contributed by atoms with Crippen LogP contribution in [-0.2, 0) is 12.8 Å². The number of hydrogen-bond acceptors (Lipinski definition) is 4. The summed E-state index contributed by atoms with van der Waals surface area (Å²) in [5, 5.41) is 6.74. The summed E-state index contributed by atoms with van der Waals surface area (Å²) in [6.45, 7) is 0. The van der Waals surface area contributed by atoms with Crippen LogP contribution in [0.25, 0.3) is 71.6 Å². The molecule has 0 bridgehead atoms. The van der Waals surface area contributed by atoms with E-state index in [4.69, 9.17) is 19.1 Å². The second-order valence-electron chi connectivity index (χ2n) is 13.7. The Balaban J connectivity index is 1.11. The van der Waals surface area contributed by atoms with Crippen molar-refractivity contribution < 1.29 is 9.15 Å². The molecule has 4 heterocycles. The maximum Gasteiger partial charge on any atom is 0.145 e. The largest absolute Gasteiger partial charge is 0.457 e. The van der Waals surface area contributed by atoms with E-state index < -0.39 is 0 Å². The van der Waals surface area contributed by atoms with Crippen LogP contribution in [0.3, 0.4) is 0 Å². The van der Waals surface area contributed by atoms with Gasteiger partial charge in [0.15, 0.2) is 0 Å². The SMILES string of the molecule is c1ccc(C2Cc3ccnc(-c4cc(Oc5ccc6c7ccccc7n(-c7ccccn7)c6c5)cc5c4oc4ccc6ccccc6c45)c3C2)cc1. The number of nitrogens with zero attached hydrogens (tertiary/aromatic N) is 3. The number of para-hydroxylation sites is 1. The topological polar surface area (TPSA) is 53.1 Å². The van der Waals surface area contributed by atoms with Gasteiger partial charge in [-0.15, -0.1) is 0 Å². The van der Waals surface area contributed by atoms with E-state index in [0.29, 0.717) is 5.92 Å². The van der Waals surface area contributed by atoms with Crippen molar-refractivity contribution in [2.45, 2.75) is 18.8 Å². The summed E-state index contributed by atoms with van der Waals surface area (Å²) < 4.78 is 15.9. The molecule has 0 radical (unpaired) electrons. The van der Waals surface area contributed by atoms with E-state index in [9.17, 15) is 0 Å². The molecule has 1 unspecified atom stereocenters. The molecule has 0 saturated carbocycles. The third kappa shape index (κ3) is 4.49. The van der Waals surface area contributed by atoms with E-state index in [1.54, 1.807) is 0 Å². The van der Waals surface area contributed by atoms with Gasteiger partial charge in [-0.25, -0.2) is 4.98 Å². The lowest BCUT2D eigenvalue weighted by molar-refractivity contribution is 0.484. The van der Waals surface area contributed by atoms with Gasteiger partial charge >= 0.3 is 0 Å². The fourth-order valence-corrected chi connectivity index (χ4v) is 8.47. The van der Waals surface area contributed by atoms with Gasteiger partial charge in [-0.3, -0.25) is 9.55 Å². The highest BCUT2D eigenvalue weighted by molar-refractivity contribution is 6.21. The maximum atomic E-state index is 6.88. The quantitative estimate of drug-likeness (QED) is 0.183. The highest BCUT2D eigenvalue weighted by atomic mass is 16.5. The van der Waals surface area contributed by atoms with Gasteiger partial charge < -0.3 is 9.15 Å². The smallest absolute Gasteiger partial charge is 0.145 e. The van der Waals surface area contributed by atoms with Crippen LogP contribution in [0, 0.1) is 0 Å². The molecule has 11 rings (SSSR count). The van der Waals surface area contributed by atoms with Gasteiger partial charge in [0.1, 0.15) is 28.5 Å². The molecule has 0 fully saturated rings. The number of rotatable bonds is 5. The average Bonchev–Trinajstić information content (AvgIpc) is 3.90. The fraction of sp³-hybridized carbons (Fsp3) is 0.0638. The van der Waals surface area contributed by atoms with Crippen molar-refractivity contribution >= 4 is 54.5 Å². The van der Waals surface area contributed by atoms with E-state index >= 15 is 0 Å². The van der Waals surface area contributed by atoms with Crippen molar-refractivity contribution in [1.82, 2.24) is 14.5 Å². The van der Waals surface area contributed by atoms with Crippen molar-refractivity contribution in [1.29, 1.82) is 0 Å². The van der Waals surface area contributed by atoms with Gasteiger partial charge in [0, 0.05) is 45.6 Å². The standard InChI is InChI=1S/C47H31N3O2/c1-2-10-29(11-3-1)32-24-31-21-23-49-46(38(31)25-32)40-27-34(26-39-45-35-13-5-4-12-30(35)17-20-43(45)52-47(39)40)51-33-18-19-37-36-14-6-7-15-41(36)50(42(37)28-33)44-16-8-9-22-48-44/h1-23,26-28,32H,24-25H2. The summed E-state index contributed by atoms with van der Waals surface area (Å²) in [4.78, 5) is 9.78. The Morgan fingerprint density at radius 2 is 1.42 bits per heavy atom. The molecule has 10 aromatic rings. The maximum absolute atomic E-state index is 6.88. The second kappa shape index (κ2) is 11.4. The molecule has 0 aliphatic heterocycles. The van der Waals surface area contributed by atoms with E-state index in [2.05, 4.69) is 132 Å². The fourth-order valence-electron chi connectivity index (χ4n) is 8.47. The Morgan fingerprint density at radius 3 is 2.33 bits per heavy atom. The third-order valence-corrected chi connectivity index (χ3v) is 10.8. The molecule has 0 N–H and O–H groups in total. The minimum absolute atomic E-state index is 0.409. The van der Waals surface area contributed by atoms with E-state index in [-0.39, 0.29) is 0 Å². The zero-order valence-corrected chi connectivity index (χ0v) is 28.2. The first-order chi connectivity index (χ1) is 25.8. The molecule has 5 nitrogen and oxygen atoms in total. The normalized spacial score (nSPS) is 14.2. The highest BCUT2D eigenvalue weighted by Crippen LogP contribution is 2.46. The molecule has 1 aliphatic rings. The van der Waals surface area contributed by atoms with Crippen molar-refractivity contribution in [2.24, 2.45) is 0 Å². The van der Waals surface area contributed by atoms with Crippen molar-refractivity contribution in [3.8, 4) is 28.6 Å². The number of pyridine rings is 2. The monoisotopic (exact) mass is 669 g/mol.